The van der Waals surface area contributed by atoms with Gasteiger partial charge in [0.1, 0.15) is 11.8 Å². The molecule has 28 heavy (non-hydrogen) atoms. The highest BCUT2D eigenvalue weighted by atomic mass is 19.4. The van der Waals surface area contributed by atoms with Gasteiger partial charge in [-0.1, -0.05) is 0 Å². The summed E-state index contributed by atoms with van der Waals surface area (Å²) in [5.41, 5.74) is 5.45. The highest BCUT2D eigenvalue weighted by Crippen LogP contribution is 2.33. The van der Waals surface area contributed by atoms with Gasteiger partial charge in [-0.15, -0.1) is 13.2 Å². The minimum Gasteiger partial charge on any atom is -0.439 e. The van der Waals surface area contributed by atoms with Crippen molar-refractivity contribution in [3.8, 4) is 23.4 Å². The number of halogens is 3. The summed E-state index contributed by atoms with van der Waals surface area (Å²) in [5, 5.41) is 11.2. The molecule has 3 amide bonds. The average Bonchev–Trinajstić information content (AvgIpc) is 2.93. The van der Waals surface area contributed by atoms with E-state index in [-0.39, 0.29) is 35.2 Å². The number of carbonyl (C=O) groups is 2. The number of ether oxygens (including phenoxy) is 2. The van der Waals surface area contributed by atoms with Gasteiger partial charge in [0, 0.05) is 12.1 Å². The number of rotatable bonds is 4. The van der Waals surface area contributed by atoms with Gasteiger partial charge in [-0.25, -0.2) is 9.69 Å². The average molecular weight is 393 g/mol. The van der Waals surface area contributed by atoms with Crippen LogP contribution in [0.3, 0.4) is 0 Å². The van der Waals surface area contributed by atoms with Gasteiger partial charge in [0.25, 0.3) is 5.91 Å². The van der Waals surface area contributed by atoms with Gasteiger partial charge in [-0.3, -0.25) is 4.79 Å². The monoisotopic (exact) mass is 393 g/mol. The third-order valence-corrected chi connectivity index (χ3v) is 3.48. The van der Waals surface area contributed by atoms with Gasteiger partial charge >= 0.3 is 12.4 Å². The lowest BCUT2D eigenvalue weighted by Gasteiger charge is -2.15. The second-order valence-corrected chi connectivity index (χ2v) is 5.36. The van der Waals surface area contributed by atoms with E-state index in [1.807, 2.05) is 0 Å². The molecule has 1 aliphatic rings. The van der Waals surface area contributed by atoms with Crippen LogP contribution in [0, 0.1) is 11.3 Å². The topological polar surface area (TPSA) is 131 Å². The molecule has 0 atom stereocenters. The van der Waals surface area contributed by atoms with E-state index in [9.17, 15) is 22.8 Å². The van der Waals surface area contributed by atoms with Crippen LogP contribution in [0.25, 0.3) is 0 Å². The summed E-state index contributed by atoms with van der Waals surface area (Å²) < 4.78 is 46.5. The fourth-order valence-electron chi connectivity index (χ4n) is 2.35. The summed E-state index contributed by atoms with van der Waals surface area (Å²) in [6, 6.07) is 6.68. The van der Waals surface area contributed by atoms with Crippen molar-refractivity contribution in [2.75, 3.05) is 17.2 Å². The van der Waals surface area contributed by atoms with Gasteiger partial charge in [0.2, 0.25) is 5.88 Å². The molecule has 0 bridgehead atoms. The predicted molar refractivity (Wildman–Crippen MR) is 87.4 cm³/mol. The highest BCUT2D eigenvalue weighted by molar-refractivity contribution is 6.20. The number of nitrogens with two attached hydrogens (primary N) is 1. The van der Waals surface area contributed by atoms with Crippen molar-refractivity contribution in [3.05, 3.63) is 35.9 Å². The molecule has 0 spiro atoms. The molecule has 1 aromatic carbocycles. The summed E-state index contributed by atoms with van der Waals surface area (Å²) in [4.78, 5) is 28.1. The molecule has 3 N–H and O–H groups in total. The van der Waals surface area contributed by atoms with E-state index in [0.29, 0.717) is 0 Å². The number of hydrogen-bond acceptors (Lipinski definition) is 7. The molecule has 1 saturated heterocycles. The van der Waals surface area contributed by atoms with Gasteiger partial charge in [-0.05, 0) is 18.2 Å². The standard InChI is InChI=1S/C16H10F3N5O4/c17-16(18,19)28-11-5-9(2-1-8(11)6-20)27-12-4-3-10(14(21)23-12)24-13(25)7-22-15(24)26/h1-5H,7H2,(H2,21,23)(H,22,26). The van der Waals surface area contributed by atoms with Crippen LogP contribution < -0.4 is 25.4 Å². The lowest BCUT2D eigenvalue weighted by Crippen LogP contribution is -2.31. The number of nitrogen functional groups attached to an aromatic ring is 1. The van der Waals surface area contributed by atoms with E-state index in [0.717, 1.165) is 17.0 Å². The first-order chi connectivity index (χ1) is 13.2. The van der Waals surface area contributed by atoms with Gasteiger partial charge in [0.05, 0.1) is 17.8 Å². The Bertz CT molecular complexity index is 987. The SMILES string of the molecule is N#Cc1ccc(Oc2ccc(N3C(=O)CNC3=O)c(N)n2)cc1OC(F)(F)F. The van der Waals surface area contributed by atoms with E-state index >= 15 is 0 Å². The number of carbonyl (C=O) groups excluding carboxylic acids is 2. The Morgan fingerprint density at radius 1 is 1.25 bits per heavy atom. The normalized spacial score (nSPS) is 13.9. The maximum atomic E-state index is 12.5. The number of imide groups is 1. The number of hydrogen-bond donors (Lipinski definition) is 2. The molecule has 0 unspecified atom stereocenters. The molecule has 1 aromatic heterocycles. The maximum Gasteiger partial charge on any atom is 0.573 e. The Morgan fingerprint density at radius 3 is 2.57 bits per heavy atom. The Morgan fingerprint density at radius 2 is 2.00 bits per heavy atom. The number of nitrogens with zero attached hydrogens (tertiary/aromatic N) is 3. The number of benzene rings is 1. The lowest BCUT2D eigenvalue weighted by molar-refractivity contribution is -0.274. The summed E-state index contributed by atoms with van der Waals surface area (Å²) in [7, 11) is 0. The van der Waals surface area contributed by atoms with Crippen LogP contribution in [0.2, 0.25) is 0 Å². The van der Waals surface area contributed by atoms with Crippen molar-refractivity contribution in [1.82, 2.24) is 10.3 Å². The molecular formula is C16H10F3N5O4. The predicted octanol–water partition coefficient (Wildman–Crippen LogP) is 2.28. The third kappa shape index (κ3) is 3.88. The quantitative estimate of drug-likeness (QED) is 0.762. The fourth-order valence-corrected chi connectivity index (χ4v) is 2.35. The molecule has 0 aliphatic carbocycles. The Balaban J connectivity index is 1.85. The largest absolute Gasteiger partial charge is 0.573 e. The minimum absolute atomic E-state index is 0.0354. The zero-order valence-electron chi connectivity index (χ0n) is 13.8. The van der Waals surface area contributed by atoms with Gasteiger partial charge in [0.15, 0.2) is 11.6 Å². The molecule has 12 heteroatoms. The number of aromatic nitrogens is 1. The van der Waals surface area contributed by atoms with Crippen molar-refractivity contribution >= 4 is 23.4 Å². The van der Waals surface area contributed by atoms with E-state index in [4.69, 9.17) is 15.7 Å². The third-order valence-electron chi connectivity index (χ3n) is 3.48. The summed E-state index contributed by atoms with van der Waals surface area (Å²) in [5.74, 6) is -1.68. The van der Waals surface area contributed by atoms with Gasteiger partial charge < -0.3 is 20.5 Å². The van der Waals surface area contributed by atoms with Crippen LogP contribution in [0.4, 0.5) is 29.5 Å². The Labute approximate surface area is 155 Å². The van der Waals surface area contributed by atoms with Crippen molar-refractivity contribution in [2.24, 2.45) is 0 Å². The van der Waals surface area contributed by atoms with Crippen LogP contribution in [-0.2, 0) is 4.79 Å². The number of amides is 3. The molecule has 1 fully saturated rings. The van der Waals surface area contributed by atoms with Crippen LogP contribution in [0.15, 0.2) is 30.3 Å². The molecule has 3 rings (SSSR count). The van der Waals surface area contributed by atoms with Crippen LogP contribution >= 0.6 is 0 Å². The molecule has 0 saturated carbocycles. The molecule has 1 aliphatic heterocycles. The van der Waals surface area contributed by atoms with E-state index in [2.05, 4.69) is 15.0 Å². The van der Waals surface area contributed by atoms with Crippen LogP contribution in [-0.4, -0.2) is 29.8 Å². The zero-order valence-corrected chi connectivity index (χ0v) is 13.8. The van der Waals surface area contributed by atoms with Crippen LogP contribution in [0.5, 0.6) is 17.4 Å². The minimum atomic E-state index is -4.99. The Hall–Kier alpha value is -4.01. The summed E-state index contributed by atoms with van der Waals surface area (Å²) >= 11 is 0. The van der Waals surface area contributed by atoms with Crippen LogP contribution in [0.1, 0.15) is 5.56 Å². The second-order valence-electron chi connectivity index (χ2n) is 5.36. The van der Waals surface area contributed by atoms with E-state index < -0.39 is 24.1 Å². The number of nitriles is 1. The molecule has 9 nitrogen and oxygen atoms in total. The number of pyridine rings is 1. The number of anilines is 2. The van der Waals surface area contributed by atoms with Crippen molar-refractivity contribution in [2.45, 2.75) is 6.36 Å². The first kappa shape index (κ1) is 18.8. The first-order valence-corrected chi connectivity index (χ1v) is 7.53. The molecule has 2 heterocycles. The van der Waals surface area contributed by atoms with Crippen molar-refractivity contribution in [1.29, 1.82) is 5.26 Å². The molecular weight excluding hydrogens is 383 g/mol. The number of urea groups is 1. The fraction of sp³-hybridized carbons (Fsp3) is 0.125. The van der Waals surface area contributed by atoms with Gasteiger partial charge in [-0.2, -0.15) is 10.2 Å². The Kier molecular flexibility index (Phi) is 4.66. The highest BCUT2D eigenvalue weighted by Gasteiger charge is 2.33. The summed E-state index contributed by atoms with van der Waals surface area (Å²) in [6.07, 6.45) is -4.99. The van der Waals surface area contributed by atoms with E-state index in [1.54, 1.807) is 6.07 Å². The van der Waals surface area contributed by atoms with E-state index in [1.165, 1.54) is 18.2 Å². The lowest BCUT2D eigenvalue weighted by atomic mass is 10.2. The summed E-state index contributed by atoms with van der Waals surface area (Å²) in [6.45, 7) is -0.177. The van der Waals surface area contributed by atoms with Crippen molar-refractivity contribution < 1.29 is 32.2 Å². The number of nitrogens with one attached hydrogen (secondary N) is 1. The second kappa shape index (κ2) is 6.95. The van der Waals surface area contributed by atoms with Crippen molar-refractivity contribution in [3.63, 3.8) is 0 Å². The first-order valence-electron chi connectivity index (χ1n) is 7.53. The molecule has 0 radical (unpaired) electrons. The molecule has 144 valence electrons. The zero-order chi connectivity index (χ0) is 20.5. The maximum absolute atomic E-state index is 12.5. The molecule has 2 aromatic rings. The number of alkyl halides is 3. The smallest absolute Gasteiger partial charge is 0.439 e.